The van der Waals surface area contributed by atoms with Crippen LogP contribution in [0.4, 0.5) is 4.39 Å². The van der Waals surface area contributed by atoms with Crippen LogP contribution in [0.1, 0.15) is 37.0 Å². The monoisotopic (exact) mass is 323 g/mol. The van der Waals surface area contributed by atoms with Crippen LogP contribution in [0.25, 0.3) is 0 Å². The Morgan fingerprint density at radius 2 is 2.04 bits per heavy atom. The number of carbonyl (C=O) groups excluding carboxylic acids is 2. The molecule has 1 saturated heterocycles. The van der Waals surface area contributed by atoms with E-state index in [4.69, 9.17) is 9.47 Å². The molecule has 0 aliphatic carbocycles. The first kappa shape index (κ1) is 17.4. The van der Waals surface area contributed by atoms with Crippen LogP contribution >= 0.6 is 0 Å². The Kier molecular flexibility index (Phi) is 6.10. The molecular weight excluding hydrogens is 301 g/mol. The summed E-state index contributed by atoms with van der Waals surface area (Å²) in [5, 5.41) is 2.65. The number of nitrogens with one attached hydrogen (secondary N) is 1. The summed E-state index contributed by atoms with van der Waals surface area (Å²) in [6, 6.07) is 4.40. The van der Waals surface area contributed by atoms with E-state index in [0.29, 0.717) is 12.2 Å². The largest absolute Gasteiger partial charge is 0.461 e. The third-order valence-corrected chi connectivity index (χ3v) is 3.75. The molecule has 1 aromatic carbocycles. The molecule has 0 spiro atoms. The van der Waals surface area contributed by atoms with E-state index >= 15 is 0 Å². The van der Waals surface area contributed by atoms with Crippen molar-refractivity contribution in [1.82, 2.24) is 5.32 Å². The van der Waals surface area contributed by atoms with Crippen molar-refractivity contribution in [3.63, 3.8) is 0 Å². The molecule has 0 radical (unpaired) electrons. The standard InChI is InChI=1S/C17H22FNO4/c1-11(2)15(17(21)23-10-14-4-3-9-22-14)19-16(20)12-5-7-13(18)8-6-12/h5-8,11,14-15H,3-4,9-10H2,1-2H3,(H,19,20). The third-order valence-electron chi connectivity index (χ3n) is 3.75. The Hall–Kier alpha value is -1.95. The van der Waals surface area contributed by atoms with E-state index in [-0.39, 0.29) is 18.6 Å². The summed E-state index contributed by atoms with van der Waals surface area (Å²) in [5.41, 5.74) is 0.295. The molecule has 6 heteroatoms. The van der Waals surface area contributed by atoms with Crippen molar-refractivity contribution >= 4 is 11.9 Å². The van der Waals surface area contributed by atoms with Crippen molar-refractivity contribution in [3.8, 4) is 0 Å². The molecule has 1 fully saturated rings. The molecule has 5 nitrogen and oxygen atoms in total. The van der Waals surface area contributed by atoms with Gasteiger partial charge < -0.3 is 14.8 Å². The maximum absolute atomic E-state index is 12.9. The van der Waals surface area contributed by atoms with Crippen molar-refractivity contribution in [3.05, 3.63) is 35.6 Å². The van der Waals surface area contributed by atoms with Gasteiger partial charge in [-0.3, -0.25) is 4.79 Å². The topological polar surface area (TPSA) is 64.6 Å². The van der Waals surface area contributed by atoms with Gasteiger partial charge in [0.1, 0.15) is 18.5 Å². The van der Waals surface area contributed by atoms with Crippen molar-refractivity contribution in [2.24, 2.45) is 5.92 Å². The summed E-state index contributed by atoms with van der Waals surface area (Å²) in [6.45, 7) is 4.54. The van der Waals surface area contributed by atoms with Crippen molar-refractivity contribution in [2.45, 2.75) is 38.8 Å². The Balaban J connectivity index is 1.92. The smallest absolute Gasteiger partial charge is 0.329 e. The maximum atomic E-state index is 12.9. The Bertz CT molecular complexity index is 538. The first-order valence-electron chi connectivity index (χ1n) is 7.82. The lowest BCUT2D eigenvalue weighted by molar-refractivity contribution is -0.150. The molecule has 2 atom stereocenters. The number of amides is 1. The number of hydrogen-bond donors (Lipinski definition) is 1. The van der Waals surface area contributed by atoms with Gasteiger partial charge in [-0.25, -0.2) is 9.18 Å². The van der Waals surface area contributed by atoms with Gasteiger partial charge in [-0.05, 0) is 43.0 Å². The van der Waals surface area contributed by atoms with Crippen LogP contribution in [0.5, 0.6) is 0 Å². The van der Waals surface area contributed by atoms with Gasteiger partial charge in [-0.15, -0.1) is 0 Å². The van der Waals surface area contributed by atoms with Crippen LogP contribution in [0.2, 0.25) is 0 Å². The predicted molar refractivity (Wildman–Crippen MR) is 82.4 cm³/mol. The fourth-order valence-electron chi connectivity index (χ4n) is 2.36. The fourth-order valence-corrected chi connectivity index (χ4v) is 2.36. The van der Waals surface area contributed by atoms with Gasteiger partial charge in [0.15, 0.2) is 0 Å². The highest BCUT2D eigenvalue weighted by Gasteiger charge is 2.27. The minimum absolute atomic E-state index is 0.0560. The average Bonchev–Trinajstić information content (AvgIpc) is 3.03. The lowest BCUT2D eigenvalue weighted by Crippen LogP contribution is -2.45. The van der Waals surface area contributed by atoms with E-state index in [0.717, 1.165) is 12.8 Å². The molecule has 0 aromatic heterocycles. The lowest BCUT2D eigenvalue weighted by atomic mass is 10.0. The number of ether oxygens (including phenoxy) is 2. The molecule has 1 amide bonds. The molecule has 1 aromatic rings. The van der Waals surface area contributed by atoms with E-state index in [1.807, 2.05) is 13.8 Å². The zero-order valence-corrected chi connectivity index (χ0v) is 13.4. The summed E-state index contributed by atoms with van der Waals surface area (Å²) in [6.07, 6.45) is 1.79. The Labute approximate surface area is 135 Å². The van der Waals surface area contributed by atoms with Gasteiger partial charge in [0.05, 0.1) is 6.10 Å². The summed E-state index contributed by atoms with van der Waals surface area (Å²) in [7, 11) is 0. The molecule has 1 aliphatic rings. The van der Waals surface area contributed by atoms with E-state index in [9.17, 15) is 14.0 Å². The highest BCUT2D eigenvalue weighted by molar-refractivity contribution is 5.96. The molecule has 1 N–H and O–H groups in total. The maximum Gasteiger partial charge on any atom is 0.329 e. The molecule has 0 bridgehead atoms. The normalized spacial score (nSPS) is 18.7. The first-order chi connectivity index (χ1) is 11.0. The van der Waals surface area contributed by atoms with E-state index in [1.54, 1.807) is 0 Å². The van der Waals surface area contributed by atoms with Crippen molar-refractivity contribution in [2.75, 3.05) is 13.2 Å². The zero-order chi connectivity index (χ0) is 16.8. The molecule has 1 aliphatic heterocycles. The van der Waals surface area contributed by atoms with Crippen LogP contribution in [0.15, 0.2) is 24.3 Å². The summed E-state index contributed by atoms with van der Waals surface area (Å²) >= 11 is 0. The number of esters is 1. The molecule has 2 rings (SSSR count). The van der Waals surface area contributed by atoms with E-state index < -0.39 is 23.7 Å². The molecule has 126 valence electrons. The molecule has 2 unspecified atom stereocenters. The van der Waals surface area contributed by atoms with Gasteiger partial charge in [0, 0.05) is 12.2 Å². The number of benzene rings is 1. The highest BCUT2D eigenvalue weighted by Crippen LogP contribution is 2.13. The highest BCUT2D eigenvalue weighted by atomic mass is 19.1. The Morgan fingerprint density at radius 1 is 1.35 bits per heavy atom. The van der Waals surface area contributed by atoms with Crippen LogP contribution in [-0.4, -0.2) is 37.2 Å². The second-order valence-electron chi connectivity index (χ2n) is 5.97. The molecular formula is C17H22FNO4. The summed E-state index contributed by atoms with van der Waals surface area (Å²) in [5.74, 6) is -1.46. The van der Waals surface area contributed by atoms with E-state index in [1.165, 1.54) is 24.3 Å². The minimum Gasteiger partial charge on any atom is -0.461 e. The fraction of sp³-hybridized carbons (Fsp3) is 0.529. The summed E-state index contributed by atoms with van der Waals surface area (Å²) in [4.78, 5) is 24.4. The van der Waals surface area contributed by atoms with Crippen LogP contribution in [0, 0.1) is 11.7 Å². The molecule has 0 saturated carbocycles. The zero-order valence-electron chi connectivity index (χ0n) is 13.4. The van der Waals surface area contributed by atoms with Crippen LogP contribution < -0.4 is 5.32 Å². The average molecular weight is 323 g/mol. The molecule has 1 heterocycles. The van der Waals surface area contributed by atoms with Gasteiger partial charge >= 0.3 is 5.97 Å². The van der Waals surface area contributed by atoms with Crippen LogP contribution in [0.3, 0.4) is 0 Å². The minimum atomic E-state index is -0.756. The van der Waals surface area contributed by atoms with Gasteiger partial charge in [-0.1, -0.05) is 13.8 Å². The van der Waals surface area contributed by atoms with Crippen molar-refractivity contribution in [1.29, 1.82) is 0 Å². The van der Waals surface area contributed by atoms with Gasteiger partial charge in [0.25, 0.3) is 5.91 Å². The Morgan fingerprint density at radius 3 is 2.61 bits per heavy atom. The number of halogens is 1. The number of rotatable bonds is 6. The molecule has 23 heavy (non-hydrogen) atoms. The second kappa shape index (κ2) is 8.06. The van der Waals surface area contributed by atoms with E-state index in [2.05, 4.69) is 5.32 Å². The van der Waals surface area contributed by atoms with Crippen LogP contribution in [-0.2, 0) is 14.3 Å². The predicted octanol–water partition coefficient (Wildman–Crippen LogP) is 2.30. The first-order valence-corrected chi connectivity index (χ1v) is 7.82. The van der Waals surface area contributed by atoms with Gasteiger partial charge in [0.2, 0.25) is 0 Å². The summed E-state index contributed by atoms with van der Waals surface area (Å²) < 4.78 is 23.6. The van der Waals surface area contributed by atoms with Gasteiger partial charge in [-0.2, -0.15) is 0 Å². The number of hydrogen-bond acceptors (Lipinski definition) is 4. The lowest BCUT2D eigenvalue weighted by Gasteiger charge is -2.21. The number of carbonyl (C=O) groups is 2. The SMILES string of the molecule is CC(C)C(NC(=O)c1ccc(F)cc1)C(=O)OCC1CCCO1. The third kappa shape index (κ3) is 5.03. The quantitative estimate of drug-likeness (QED) is 0.816. The van der Waals surface area contributed by atoms with Crippen molar-refractivity contribution < 1.29 is 23.5 Å². The second-order valence-corrected chi connectivity index (χ2v) is 5.97.